The summed E-state index contributed by atoms with van der Waals surface area (Å²) in [6.45, 7) is 0.552. The number of benzene rings is 1. The molecule has 1 aliphatic carbocycles. The van der Waals surface area contributed by atoms with Crippen LogP contribution < -0.4 is 10.1 Å². The predicted octanol–water partition coefficient (Wildman–Crippen LogP) is 2.41. The van der Waals surface area contributed by atoms with Gasteiger partial charge in [-0.1, -0.05) is 6.07 Å². The molecule has 2 N–H and O–H groups in total. The SMILES string of the molecule is COc1ccc(CNC(C(=O)O)C2CC2)cc1Br. The maximum Gasteiger partial charge on any atom is 0.320 e. The lowest BCUT2D eigenvalue weighted by Crippen LogP contribution is -2.38. The maximum absolute atomic E-state index is 11.1. The van der Waals surface area contributed by atoms with Crippen molar-refractivity contribution in [2.24, 2.45) is 5.92 Å². The molecule has 0 bridgehead atoms. The van der Waals surface area contributed by atoms with Crippen LogP contribution in [0.15, 0.2) is 22.7 Å². The maximum atomic E-state index is 11.1. The van der Waals surface area contributed by atoms with Crippen LogP contribution in [0.3, 0.4) is 0 Å². The van der Waals surface area contributed by atoms with E-state index in [4.69, 9.17) is 9.84 Å². The normalized spacial score (nSPS) is 16.3. The summed E-state index contributed by atoms with van der Waals surface area (Å²) in [5.41, 5.74) is 1.04. The fraction of sp³-hybridized carbons (Fsp3) is 0.462. The molecule has 1 aliphatic rings. The zero-order valence-electron chi connectivity index (χ0n) is 10.1. The van der Waals surface area contributed by atoms with Crippen LogP contribution >= 0.6 is 15.9 Å². The lowest BCUT2D eigenvalue weighted by Gasteiger charge is -2.14. The molecule has 1 unspecified atom stereocenters. The van der Waals surface area contributed by atoms with Crippen molar-refractivity contribution >= 4 is 21.9 Å². The van der Waals surface area contributed by atoms with Crippen LogP contribution in [0.5, 0.6) is 5.75 Å². The summed E-state index contributed by atoms with van der Waals surface area (Å²) in [6.07, 6.45) is 2.02. The Morgan fingerprint density at radius 1 is 1.61 bits per heavy atom. The molecule has 98 valence electrons. The van der Waals surface area contributed by atoms with Crippen LogP contribution in [0.4, 0.5) is 0 Å². The van der Waals surface area contributed by atoms with Crippen molar-refractivity contribution in [3.05, 3.63) is 28.2 Å². The average molecular weight is 314 g/mol. The lowest BCUT2D eigenvalue weighted by molar-refractivity contribution is -0.140. The number of hydrogen-bond donors (Lipinski definition) is 2. The van der Waals surface area contributed by atoms with Crippen LogP contribution in [-0.2, 0) is 11.3 Å². The molecule has 1 saturated carbocycles. The number of nitrogens with one attached hydrogen (secondary N) is 1. The summed E-state index contributed by atoms with van der Waals surface area (Å²) in [4.78, 5) is 11.1. The molecule has 1 atom stereocenters. The fourth-order valence-corrected chi connectivity index (χ4v) is 2.52. The van der Waals surface area contributed by atoms with Gasteiger partial charge in [0.05, 0.1) is 11.6 Å². The van der Waals surface area contributed by atoms with E-state index >= 15 is 0 Å². The molecule has 1 aromatic rings. The van der Waals surface area contributed by atoms with E-state index in [9.17, 15) is 4.79 Å². The average Bonchev–Trinajstić information content (AvgIpc) is 3.13. The lowest BCUT2D eigenvalue weighted by atomic mass is 10.1. The number of halogens is 1. The monoisotopic (exact) mass is 313 g/mol. The first-order chi connectivity index (χ1) is 8.61. The third-order valence-electron chi connectivity index (χ3n) is 3.10. The Morgan fingerprint density at radius 2 is 2.33 bits per heavy atom. The number of hydrogen-bond acceptors (Lipinski definition) is 3. The standard InChI is InChI=1S/C13H16BrNO3/c1-18-11-5-2-8(6-10(11)14)7-15-12(13(16)17)9-3-4-9/h2,5-6,9,12,15H,3-4,7H2,1H3,(H,16,17). The van der Waals surface area contributed by atoms with Crippen LogP contribution in [-0.4, -0.2) is 24.2 Å². The summed E-state index contributed by atoms with van der Waals surface area (Å²) >= 11 is 3.42. The van der Waals surface area contributed by atoms with E-state index < -0.39 is 12.0 Å². The van der Waals surface area contributed by atoms with E-state index in [0.717, 1.165) is 28.6 Å². The minimum Gasteiger partial charge on any atom is -0.496 e. The van der Waals surface area contributed by atoms with E-state index in [2.05, 4.69) is 21.2 Å². The quantitative estimate of drug-likeness (QED) is 0.846. The third-order valence-corrected chi connectivity index (χ3v) is 3.72. The number of aliphatic carboxylic acids is 1. The molecule has 0 saturated heterocycles. The molecule has 0 heterocycles. The molecular weight excluding hydrogens is 298 g/mol. The molecule has 0 radical (unpaired) electrons. The first kappa shape index (κ1) is 13.4. The summed E-state index contributed by atoms with van der Waals surface area (Å²) in [6, 6.07) is 5.32. The minimum atomic E-state index is -0.759. The Labute approximate surface area is 114 Å². The Balaban J connectivity index is 1.96. The second-order valence-electron chi connectivity index (χ2n) is 4.50. The summed E-state index contributed by atoms with van der Waals surface area (Å²) in [5.74, 6) is 0.310. The summed E-state index contributed by atoms with van der Waals surface area (Å²) in [7, 11) is 1.62. The van der Waals surface area contributed by atoms with E-state index in [1.54, 1.807) is 7.11 Å². The van der Waals surface area contributed by atoms with E-state index in [0.29, 0.717) is 12.5 Å². The number of ether oxygens (including phenoxy) is 1. The molecule has 1 aromatic carbocycles. The number of carboxylic acids is 1. The van der Waals surface area contributed by atoms with Crippen molar-refractivity contribution in [2.45, 2.75) is 25.4 Å². The van der Waals surface area contributed by atoms with Gasteiger partial charge in [0.2, 0.25) is 0 Å². The Bertz CT molecular complexity index is 446. The van der Waals surface area contributed by atoms with Gasteiger partial charge in [-0.15, -0.1) is 0 Å². The van der Waals surface area contributed by atoms with Gasteiger partial charge in [-0.3, -0.25) is 4.79 Å². The fourth-order valence-electron chi connectivity index (χ4n) is 1.93. The van der Waals surface area contributed by atoms with Gasteiger partial charge < -0.3 is 15.2 Å². The molecule has 2 rings (SSSR count). The zero-order valence-corrected chi connectivity index (χ0v) is 11.7. The topological polar surface area (TPSA) is 58.6 Å². The zero-order chi connectivity index (χ0) is 13.1. The molecular formula is C13H16BrNO3. The largest absolute Gasteiger partial charge is 0.496 e. The van der Waals surface area contributed by atoms with Crippen molar-refractivity contribution in [1.29, 1.82) is 0 Å². The van der Waals surface area contributed by atoms with Crippen molar-refractivity contribution in [2.75, 3.05) is 7.11 Å². The predicted molar refractivity (Wildman–Crippen MR) is 71.7 cm³/mol. The van der Waals surface area contributed by atoms with E-state index in [1.807, 2.05) is 18.2 Å². The molecule has 1 fully saturated rings. The highest BCUT2D eigenvalue weighted by atomic mass is 79.9. The van der Waals surface area contributed by atoms with E-state index in [1.165, 1.54) is 0 Å². The minimum absolute atomic E-state index is 0.296. The first-order valence-corrected chi connectivity index (χ1v) is 6.69. The second kappa shape index (κ2) is 5.71. The Kier molecular flexibility index (Phi) is 4.24. The van der Waals surface area contributed by atoms with Gasteiger partial charge in [0.1, 0.15) is 11.8 Å². The smallest absolute Gasteiger partial charge is 0.320 e. The van der Waals surface area contributed by atoms with Gasteiger partial charge in [-0.25, -0.2) is 0 Å². The summed E-state index contributed by atoms with van der Waals surface area (Å²) in [5, 5.41) is 12.2. The molecule has 0 spiro atoms. The summed E-state index contributed by atoms with van der Waals surface area (Å²) < 4.78 is 6.03. The van der Waals surface area contributed by atoms with Crippen molar-refractivity contribution in [3.63, 3.8) is 0 Å². The number of rotatable bonds is 6. The van der Waals surface area contributed by atoms with Crippen LogP contribution in [0.25, 0.3) is 0 Å². The molecule has 18 heavy (non-hydrogen) atoms. The molecule has 0 aliphatic heterocycles. The first-order valence-electron chi connectivity index (χ1n) is 5.90. The molecule has 5 heteroatoms. The third kappa shape index (κ3) is 3.23. The van der Waals surface area contributed by atoms with Crippen molar-refractivity contribution < 1.29 is 14.6 Å². The van der Waals surface area contributed by atoms with Crippen LogP contribution in [0.2, 0.25) is 0 Å². The number of carboxylic acid groups (broad SMARTS) is 1. The van der Waals surface area contributed by atoms with Crippen LogP contribution in [0.1, 0.15) is 18.4 Å². The number of carbonyl (C=O) groups is 1. The Morgan fingerprint density at radius 3 is 2.83 bits per heavy atom. The second-order valence-corrected chi connectivity index (χ2v) is 5.36. The van der Waals surface area contributed by atoms with Gasteiger partial charge >= 0.3 is 5.97 Å². The van der Waals surface area contributed by atoms with Gasteiger partial charge in [0.25, 0.3) is 0 Å². The van der Waals surface area contributed by atoms with Crippen molar-refractivity contribution in [3.8, 4) is 5.75 Å². The Hall–Kier alpha value is -1.07. The van der Waals surface area contributed by atoms with Crippen LogP contribution in [0, 0.1) is 5.92 Å². The van der Waals surface area contributed by atoms with Gasteiger partial charge in [-0.05, 0) is 52.4 Å². The highest BCUT2D eigenvalue weighted by Gasteiger charge is 2.35. The number of methoxy groups -OCH3 is 1. The molecule has 0 aromatic heterocycles. The van der Waals surface area contributed by atoms with E-state index in [-0.39, 0.29) is 0 Å². The molecule has 4 nitrogen and oxygen atoms in total. The van der Waals surface area contributed by atoms with Gasteiger partial charge in [0.15, 0.2) is 0 Å². The molecule has 0 amide bonds. The highest BCUT2D eigenvalue weighted by molar-refractivity contribution is 9.10. The van der Waals surface area contributed by atoms with Gasteiger partial charge in [-0.2, -0.15) is 0 Å². The highest BCUT2D eigenvalue weighted by Crippen LogP contribution is 2.33. The van der Waals surface area contributed by atoms with Gasteiger partial charge in [0, 0.05) is 6.54 Å². The van der Waals surface area contributed by atoms with Crippen molar-refractivity contribution in [1.82, 2.24) is 5.32 Å².